The van der Waals surface area contributed by atoms with Crippen molar-refractivity contribution in [3.63, 3.8) is 0 Å². The fourth-order valence-corrected chi connectivity index (χ4v) is 11.0. The molecule has 4 atom stereocenters. The van der Waals surface area contributed by atoms with Gasteiger partial charge >= 0.3 is 0 Å². The smallest absolute Gasteiger partial charge is 0.0467 e. The second-order valence-electron chi connectivity index (χ2n) is 17.2. The van der Waals surface area contributed by atoms with Crippen molar-refractivity contribution in [1.82, 2.24) is 0 Å². The zero-order valence-electron chi connectivity index (χ0n) is 32.3. The number of fused-ring (bicyclic) bond motifs is 15. The molecule has 0 bridgehead atoms. The van der Waals surface area contributed by atoms with Gasteiger partial charge in [-0.15, -0.1) is 0 Å². The number of allylic oxidation sites excluding steroid dienone is 1. The molecular formula is C57H41N. The van der Waals surface area contributed by atoms with Crippen LogP contribution in [-0.2, 0) is 6.42 Å². The first-order chi connectivity index (χ1) is 28.7. The summed E-state index contributed by atoms with van der Waals surface area (Å²) in [6.07, 6.45) is 5.86. The van der Waals surface area contributed by atoms with Gasteiger partial charge in [0.25, 0.3) is 0 Å². The van der Waals surface area contributed by atoms with E-state index in [-0.39, 0.29) is 0 Å². The zero-order valence-corrected chi connectivity index (χ0v) is 32.3. The molecule has 58 heavy (non-hydrogen) atoms. The van der Waals surface area contributed by atoms with Crippen molar-refractivity contribution in [2.45, 2.75) is 42.9 Å². The van der Waals surface area contributed by atoms with Crippen LogP contribution in [0.3, 0.4) is 0 Å². The molecule has 5 aliphatic rings. The van der Waals surface area contributed by atoms with Crippen molar-refractivity contribution in [3.8, 4) is 44.5 Å². The summed E-state index contributed by atoms with van der Waals surface area (Å²) < 4.78 is 0. The lowest BCUT2D eigenvalue weighted by Crippen LogP contribution is -2.11. The lowest BCUT2D eigenvalue weighted by molar-refractivity contribution is 1.00. The molecule has 13 rings (SSSR count). The number of hydrogen-bond donors (Lipinski definition) is 0. The van der Waals surface area contributed by atoms with Crippen LogP contribution in [0.25, 0.3) is 56.2 Å². The number of nitrogens with zero attached hydrogens (tertiary/aromatic N) is 1. The highest BCUT2D eigenvalue weighted by Gasteiger charge is 2.46. The Labute approximate surface area is 340 Å². The van der Waals surface area contributed by atoms with Crippen molar-refractivity contribution >= 4 is 28.7 Å². The largest absolute Gasteiger partial charge is 0.310 e. The lowest BCUT2D eigenvalue weighted by Gasteiger charge is -2.28. The Morgan fingerprint density at radius 3 is 1.67 bits per heavy atom. The van der Waals surface area contributed by atoms with Crippen LogP contribution in [0.5, 0.6) is 0 Å². The van der Waals surface area contributed by atoms with E-state index in [0.717, 1.165) is 6.42 Å². The maximum absolute atomic E-state index is 2.53. The van der Waals surface area contributed by atoms with E-state index in [1.165, 1.54) is 119 Å². The predicted octanol–water partition coefficient (Wildman–Crippen LogP) is 15.1. The van der Waals surface area contributed by atoms with E-state index in [4.69, 9.17) is 0 Å². The third-order valence-corrected chi connectivity index (χ3v) is 13.9. The summed E-state index contributed by atoms with van der Waals surface area (Å²) in [4.78, 5) is 2.45. The molecule has 0 saturated heterocycles. The molecule has 274 valence electrons. The summed E-state index contributed by atoms with van der Waals surface area (Å²) in [5.41, 5.74) is 25.8. The van der Waals surface area contributed by atoms with E-state index in [2.05, 4.69) is 193 Å². The summed E-state index contributed by atoms with van der Waals surface area (Å²) in [5.74, 6) is 2.59. The molecule has 2 saturated carbocycles. The molecule has 8 aromatic rings. The Bertz CT molecular complexity index is 3020. The second-order valence-corrected chi connectivity index (χ2v) is 17.2. The normalized spacial score (nSPS) is 19.6. The van der Waals surface area contributed by atoms with Gasteiger partial charge in [-0.05, 0) is 168 Å². The maximum Gasteiger partial charge on any atom is 0.0467 e. The molecule has 3 unspecified atom stereocenters. The number of rotatable bonds is 5. The summed E-state index contributed by atoms with van der Waals surface area (Å²) >= 11 is 0. The summed E-state index contributed by atoms with van der Waals surface area (Å²) in [6, 6.07) is 68.8. The molecule has 5 aliphatic carbocycles. The van der Waals surface area contributed by atoms with Gasteiger partial charge < -0.3 is 4.90 Å². The molecule has 0 radical (unpaired) electrons. The fraction of sp³-hybridized carbons (Fsp3) is 0.123. The van der Waals surface area contributed by atoms with Crippen molar-refractivity contribution < 1.29 is 0 Å². The predicted molar refractivity (Wildman–Crippen MR) is 241 cm³/mol. The maximum atomic E-state index is 2.53. The van der Waals surface area contributed by atoms with Gasteiger partial charge in [0.2, 0.25) is 0 Å². The van der Waals surface area contributed by atoms with Crippen LogP contribution in [-0.4, -0.2) is 0 Å². The highest BCUT2D eigenvalue weighted by molar-refractivity contribution is 5.94. The number of benzene rings is 8. The van der Waals surface area contributed by atoms with Gasteiger partial charge in [-0.1, -0.05) is 152 Å². The number of anilines is 3. The van der Waals surface area contributed by atoms with Crippen molar-refractivity contribution in [3.05, 3.63) is 221 Å². The van der Waals surface area contributed by atoms with Gasteiger partial charge in [0.1, 0.15) is 0 Å². The monoisotopic (exact) mass is 739 g/mol. The topological polar surface area (TPSA) is 3.24 Å². The van der Waals surface area contributed by atoms with E-state index < -0.39 is 0 Å². The van der Waals surface area contributed by atoms with Gasteiger partial charge in [0, 0.05) is 17.1 Å². The van der Waals surface area contributed by atoms with Crippen LogP contribution < -0.4 is 4.90 Å². The molecule has 0 heterocycles. The Kier molecular flexibility index (Phi) is 6.92. The highest BCUT2D eigenvalue weighted by atomic mass is 15.1. The summed E-state index contributed by atoms with van der Waals surface area (Å²) in [7, 11) is 0. The van der Waals surface area contributed by atoms with Gasteiger partial charge in [-0.3, -0.25) is 0 Å². The molecule has 2 fully saturated rings. The Morgan fingerprint density at radius 2 is 0.897 bits per heavy atom. The first kappa shape index (κ1) is 32.4. The van der Waals surface area contributed by atoms with Crippen LogP contribution in [0.1, 0.15) is 75.5 Å². The second kappa shape index (κ2) is 12.4. The van der Waals surface area contributed by atoms with E-state index in [1.54, 1.807) is 0 Å². The average Bonchev–Trinajstić information content (AvgIpc) is 4.22. The Hall–Kier alpha value is -6.70. The minimum atomic E-state index is 0.612. The fourth-order valence-electron chi connectivity index (χ4n) is 11.0. The molecular weight excluding hydrogens is 699 g/mol. The molecule has 0 N–H and O–H groups in total. The first-order valence-electron chi connectivity index (χ1n) is 21.1. The lowest BCUT2D eigenvalue weighted by atomic mass is 9.83. The van der Waals surface area contributed by atoms with Gasteiger partial charge in [-0.25, -0.2) is 0 Å². The van der Waals surface area contributed by atoms with Crippen LogP contribution in [0.2, 0.25) is 0 Å². The SMILES string of the molecule is C1=C(c2ccc3c(c2)C2CC2c2ccccc2-3)Cc2cc(-c3cccc(N(c4ccccc4)c4ccc5c(c4)C4C[C@@H]4c4ccccc4-5)c3)ccc2-c2ccccc21. The minimum absolute atomic E-state index is 0.612. The molecule has 0 aromatic heterocycles. The quantitative estimate of drug-likeness (QED) is 0.170. The number of hydrogen-bond acceptors (Lipinski definition) is 1. The standard InChI is InChI=1S/C57H41N/c1-2-13-41(14-3-1)58(43-23-26-51-47-18-7-9-20-49(47)55-34-57(55)53(51)32-43)42-15-10-12-35(30-42)36-21-24-45-40(27-36)29-39(28-38-11-4-5-16-44(38)45)37-22-25-50-46-17-6-8-19-48(46)54-33-56(54)52(50)31-37/h1-28,30-32,54-57H,29,33-34H2/t54?,55-,56?,57?/m1/s1. The Morgan fingerprint density at radius 1 is 0.345 bits per heavy atom. The van der Waals surface area contributed by atoms with Gasteiger partial charge in [-0.2, -0.15) is 0 Å². The van der Waals surface area contributed by atoms with E-state index in [1.807, 2.05) is 0 Å². The third-order valence-electron chi connectivity index (χ3n) is 13.9. The van der Waals surface area contributed by atoms with Crippen molar-refractivity contribution in [1.29, 1.82) is 0 Å². The highest BCUT2D eigenvalue weighted by Crippen LogP contribution is 2.63. The third kappa shape index (κ3) is 5.02. The summed E-state index contributed by atoms with van der Waals surface area (Å²) in [6.45, 7) is 0. The molecule has 0 amide bonds. The molecule has 1 nitrogen and oxygen atoms in total. The van der Waals surface area contributed by atoms with Gasteiger partial charge in [0.05, 0.1) is 0 Å². The first-order valence-corrected chi connectivity index (χ1v) is 21.1. The average molecular weight is 740 g/mol. The van der Waals surface area contributed by atoms with Crippen LogP contribution >= 0.6 is 0 Å². The van der Waals surface area contributed by atoms with Crippen LogP contribution in [0, 0.1) is 0 Å². The zero-order chi connectivity index (χ0) is 37.9. The van der Waals surface area contributed by atoms with Crippen molar-refractivity contribution in [2.24, 2.45) is 0 Å². The molecule has 8 aromatic carbocycles. The summed E-state index contributed by atoms with van der Waals surface area (Å²) in [5, 5.41) is 0. The molecule has 0 spiro atoms. The minimum Gasteiger partial charge on any atom is -0.310 e. The number of para-hydroxylation sites is 1. The van der Waals surface area contributed by atoms with E-state index in [0.29, 0.717) is 23.7 Å². The molecule has 0 aliphatic heterocycles. The van der Waals surface area contributed by atoms with Crippen LogP contribution in [0.15, 0.2) is 182 Å². The van der Waals surface area contributed by atoms with Gasteiger partial charge in [0.15, 0.2) is 0 Å². The van der Waals surface area contributed by atoms with E-state index >= 15 is 0 Å². The van der Waals surface area contributed by atoms with Crippen molar-refractivity contribution in [2.75, 3.05) is 4.90 Å². The van der Waals surface area contributed by atoms with E-state index in [9.17, 15) is 0 Å². The Balaban J connectivity index is 0.891. The van der Waals surface area contributed by atoms with Crippen LogP contribution in [0.4, 0.5) is 17.1 Å². The molecule has 1 heteroatoms.